The van der Waals surface area contributed by atoms with Crippen LogP contribution in [-0.4, -0.2) is 22.6 Å². The largest absolute Gasteiger partial charge is 0.352 e. The fourth-order valence-corrected chi connectivity index (χ4v) is 4.50. The lowest BCUT2D eigenvalue weighted by molar-refractivity contribution is 0.387. The Morgan fingerprint density at radius 2 is 1.76 bits per heavy atom. The minimum atomic E-state index is 0.348. The molecule has 0 unspecified atom stereocenters. The maximum atomic E-state index is 4.90. The summed E-state index contributed by atoms with van der Waals surface area (Å²) in [5.41, 5.74) is 4.30. The van der Waals surface area contributed by atoms with Crippen molar-refractivity contribution < 1.29 is 0 Å². The van der Waals surface area contributed by atoms with Gasteiger partial charge in [-0.05, 0) is 50.7 Å². The van der Waals surface area contributed by atoms with E-state index in [9.17, 15) is 0 Å². The minimum Gasteiger partial charge on any atom is -0.352 e. The standard InChI is InChI=1S/C21H26N4/c1-13(2)22-21-23-18(14-7-8-14)11-20(24-21)25-12-15-9-10-19(25)17-6-4-3-5-16(15)17/h3-6,11,13-15,19H,7-10,12H2,1-2H3,(H,22,23,24)/t15-,19+/m1/s1. The van der Waals surface area contributed by atoms with E-state index in [1.165, 1.54) is 36.9 Å². The number of nitrogens with zero attached hydrogens (tertiary/aromatic N) is 3. The molecule has 1 aromatic carbocycles. The maximum Gasteiger partial charge on any atom is 0.225 e. The van der Waals surface area contributed by atoms with E-state index in [1.54, 1.807) is 5.56 Å². The molecule has 2 aliphatic carbocycles. The maximum absolute atomic E-state index is 4.90. The number of hydrogen-bond donors (Lipinski definition) is 1. The van der Waals surface area contributed by atoms with Gasteiger partial charge in [-0.25, -0.2) is 4.98 Å². The van der Waals surface area contributed by atoms with E-state index in [0.29, 0.717) is 23.9 Å². The van der Waals surface area contributed by atoms with E-state index >= 15 is 0 Å². The summed E-state index contributed by atoms with van der Waals surface area (Å²) in [6.45, 7) is 5.38. The molecular formula is C21H26N4. The van der Waals surface area contributed by atoms with Gasteiger partial charge in [-0.3, -0.25) is 0 Å². The molecule has 4 nitrogen and oxygen atoms in total. The van der Waals surface area contributed by atoms with Crippen molar-refractivity contribution in [3.8, 4) is 0 Å². The van der Waals surface area contributed by atoms with E-state index < -0.39 is 0 Å². The lowest BCUT2D eigenvalue weighted by Crippen LogP contribution is -2.43. The molecule has 4 heteroatoms. The number of piperidine rings is 1. The monoisotopic (exact) mass is 334 g/mol. The van der Waals surface area contributed by atoms with Gasteiger partial charge in [0.05, 0.1) is 11.7 Å². The zero-order chi connectivity index (χ0) is 17.0. The van der Waals surface area contributed by atoms with Crippen molar-refractivity contribution >= 4 is 11.8 Å². The second-order valence-electron chi connectivity index (χ2n) is 8.12. The third kappa shape index (κ3) is 2.68. The molecule has 1 saturated heterocycles. The fraction of sp³-hybridized carbons (Fsp3) is 0.524. The van der Waals surface area contributed by atoms with Gasteiger partial charge in [-0.15, -0.1) is 0 Å². The first kappa shape index (κ1) is 15.2. The van der Waals surface area contributed by atoms with Gasteiger partial charge in [0.15, 0.2) is 0 Å². The number of fused-ring (bicyclic) bond motifs is 2. The third-order valence-corrected chi connectivity index (χ3v) is 5.82. The van der Waals surface area contributed by atoms with Crippen molar-refractivity contribution in [2.24, 2.45) is 0 Å². The molecule has 0 spiro atoms. The van der Waals surface area contributed by atoms with Crippen LogP contribution >= 0.6 is 0 Å². The van der Waals surface area contributed by atoms with Crippen LogP contribution in [0, 0.1) is 0 Å². The van der Waals surface area contributed by atoms with Crippen LogP contribution < -0.4 is 10.2 Å². The summed E-state index contributed by atoms with van der Waals surface area (Å²) in [6.07, 6.45) is 5.08. The number of aromatic nitrogens is 2. The van der Waals surface area contributed by atoms with Crippen LogP contribution in [0.2, 0.25) is 0 Å². The molecule has 2 fully saturated rings. The number of hydrogen-bond acceptors (Lipinski definition) is 4. The van der Waals surface area contributed by atoms with Gasteiger partial charge in [-0.2, -0.15) is 4.98 Å². The van der Waals surface area contributed by atoms with Crippen molar-refractivity contribution in [3.63, 3.8) is 0 Å². The first-order chi connectivity index (χ1) is 12.2. The Morgan fingerprint density at radius 1 is 1.00 bits per heavy atom. The highest BCUT2D eigenvalue weighted by molar-refractivity contribution is 5.54. The van der Waals surface area contributed by atoms with Crippen molar-refractivity contribution in [1.82, 2.24) is 9.97 Å². The summed E-state index contributed by atoms with van der Waals surface area (Å²) in [7, 11) is 0. The molecule has 0 radical (unpaired) electrons. The molecule has 1 N–H and O–H groups in total. The molecule has 1 aromatic heterocycles. The van der Waals surface area contributed by atoms with E-state index in [0.717, 1.165) is 18.3 Å². The number of nitrogens with one attached hydrogen (secondary N) is 1. The Kier molecular flexibility index (Phi) is 3.47. The zero-order valence-electron chi connectivity index (χ0n) is 15.1. The molecule has 0 amide bonds. The summed E-state index contributed by atoms with van der Waals surface area (Å²) >= 11 is 0. The van der Waals surface area contributed by atoms with Crippen LogP contribution in [0.25, 0.3) is 0 Å². The average molecular weight is 334 g/mol. The normalized spacial score (nSPS) is 24.5. The Morgan fingerprint density at radius 3 is 2.52 bits per heavy atom. The first-order valence-electron chi connectivity index (χ1n) is 9.70. The summed E-state index contributed by atoms with van der Waals surface area (Å²) in [6, 6.07) is 12.1. The molecule has 130 valence electrons. The zero-order valence-corrected chi connectivity index (χ0v) is 15.1. The molecule has 3 heterocycles. The van der Waals surface area contributed by atoms with Gasteiger partial charge in [0.25, 0.3) is 0 Å². The molecule has 2 atom stereocenters. The predicted molar refractivity (Wildman–Crippen MR) is 101 cm³/mol. The highest BCUT2D eigenvalue weighted by Gasteiger charge is 2.39. The third-order valence-electron chi connectivity index (χ3n) is 5.82. The van der Waals surface area contributed by atoms with E-state index in [4.69, 9.17) is 9.97 Å². The fourth-order valence-electron chi connectivity index (χ4n) is 4.50. The molecule has 2 aromatic rings. The quantitative estimate of drug-likeness (QED) is 0.886. The lowest BCUT2D eigenvalue weighted by Gasteiger charge is -2.47. The van der Waals surface area contributed by atoms with Gasteiger partial charge in [0, 0.05) is 30.5 Å². The number of anilines is 2. The summed E-state index contributed by atoms with van der Waals surface area (Å²) in [4.78, 5) is 12.2. The molecule has 2 bridgehead atoms. The van der Waals surface area contributed by atoms with Crippen molar-refractivity contribution in [2.75, 3.05) is 16.8 Å². The summed E-state index contributed by atoms with van der Waals surface area (Å²) in [5.74, 6) is 3.19. The molecule has 2 aliphatic heterocycles. The molecule has 1 saturated carbocycles. The predicted octanol–water partition coefficient (Wildman–Crippen LogP) is 4.61. The van der Waals surface area contributed by atoms with E-state index in [1.807, 2.05) is 0 Å². The van der Waals surface area contributed by atoms with Crippen molar-refractivity contribution in [2.45, 2.75) is 63.5 Å². The van der Waals surface area contributed by atoms with Gasteiger partial charge in [-0.1, -0.05) is 24.3 Å². The SMILES string of the molecule is CC(C)Nc1nc(C2CC2)cc(N2C[C@H]3CC[C@H]2c2ccccc23)n1. The van der Waals surface area contributed by atoms with Gasteiger partial charge >= 0.3 is 0 Å². The summed E-state index contributed by atoms with van der Waals surface area (Å²) in [5, 5.41) is 3.42. The van der Waals surface area contributed by atoms with Crippen molar-refractivity contribution in [3.05, 3.63) is 47.2 Å². The van der Waals surface area contributed by atoms with Crippen LogP contribution in [0.5, 0.6) is 0 Å². The molecular weight excluding hydrogens is 308 g/mol. The van der Waals surface area contributed by atoms with Crippen LogP contribution in [0.4, 0.5) is 11.8 Å². The van der Waals surface area contributed by atoms with E-state index in [2.05, 4.69) is 54.4 Å². The average Bonchev–Trinajstić information content (AvgIpc) is 3.47. The Balaban J connectivity index is 1.54. The van der Waals surface area contributed by atoms with Crippen LogP contribution in [-0.2, 0) is 0 Å². The Bertz CT molecular complexity index is 796. The Hall–Kier alpha value is -2.10. The van der Waals surface area contributed by atoms with Crippen LogP contribution in [0.3, 0.4) is 0 Å². The molecule has 4 aliphatic rings. The molecule has 25 heavy (non-hydrogen) atoms. The van der Waals surface area contributed by atoms with E-state index in [-0.39, 0.29) is 0 Å². The van der Waals surface area contributed by atoms with Gasteiger partial charge < -0.3 is 10.2 Å². The highest BCUT2D eigenvalue weighted by atomic mass is 15.3. The van der Waals surface area contributed by atoms with Crippen LogP contribution in [0.15, 0.2) is 30.3 Å². The topological polar surface area (TPSA) is 41.1 Å². The Labute approximate surface area is 149 Å². The first-order valence-corrected chi connectivity index (χ1v) is 9.70. The van der Waals surface area contributed by atoms with Gasteiger partial charge in [0.2, 0.25) is 5.95 Å². The van der Waals surface area contributed by atoms with Gasteiger partial charge in [0.1, 0.15) is 5.82 Å². The second kappa shape index (κ2) is 5.72. The second-order valence-corrected chi connectivity index (χ2v) is 8.12. The summed E-state index contributed by atoms with van der Waals surface area (Å²) < 4.78 is 0. The highest BCUT2D eigenvalue weighted by Crippen LogP contribution is 2.48. The minimum absolute atomic E-state index is 0.348. The number of rotatable bonds is 4. The number of benzene rings is 1. The molecule has 6 rings (SSSR count). The van der Waals surface area contributed by atoms with Crippen LogP contribution in [0.1, 0.15) is 74.2 Å². The smallest absolute Gasteiger partial charge is 0.225 e. The van der Waals surface area contributed by atoms with Crippen molar-refractivity contribution in [1.29, 1.82) is 0 Å². The lowest BCUT2D eigenvalue weighted by atomic mass is 9.75.